The molecule has 2 aliphatic rings. The summed E-state index contributed by atoms with van der Waals surface area (Å²) in [5.74, 6) is 1.44. The van der Waals surface area contributed by atoms with E-state index in [9.17, 15) is 4.79 Å². The third kappa shape index (κ3) is 5.94. The van der Waals surface area contributed by atoms with Gasteiger partial charge in [-0.15, -0.1) is 0 Å². The molecule has 8 nitrogen and oxygen atoms in total. The lowest BCUT2D eigenvalue weighted by atomic mass is 9.91. The summed E-state index contributed by atoms with van der Waals surface area (Å²) in [6.07, 6.45) is 8.59. The first kappa shape index (κ1) is 24.2. The quantitative estimate of drug-likeness (QED) is 0.419. The van der Waals surface area contributed by atoms with Gasteiger partial charge in [0, 0.05) is 37.4 Å². The van der Waals surface area contributed by atoms with E-state index in [1.54, 1.807) is 18.2 Å². The average molecular weight is 483 g/mol. The Bertz CT molecular complexity index is 1040. The molecule has 0 amide bonds. The highest BCUT2D eigenvalue weighted by molar-refractivity contribution is 7.80. The molecule has 1 aromatic heterocycles. The molecule has 0 atom stereocenters. The summed E-state index contributed by atoms with van der Waals surface area (Å²) in [6.45, 7) is 0. The van der Waals surface area contributed by atoms with Gasteiger partial charge in [-0.05, 0) is 81.8 Å². The Labute approximate surface area is 206 Å². The third-order valence-corrected chi connectivity index (χ3v) is 6.74. The Morgan fingerprint density at radius 3 is 2.56 bits per heavy atom. The molecular formula is C25H34N6O2S. The number of ether oxygens (including phenoxy) is 1. The minimum atomic E-state index is -0.367. The van der Waals surface area contributed by atoms with Crippen LogP contribution in [0.2, 0.25) is 0 Å². The van der Waals surface area contributed by atoms with Crippen LogP contribution in [-0.4, -0.2) is 54.3 Å². The monoisotopic (exact) mass is 482 g/mol. The predicted molar refractivity (Wildman–Crippen MR) is 140 cm³/mol. The van der Waals surface area contributed by atoms with Gasteiger partial charge in [-0.2, -0.15) is 4.98 Å². The minimum Gasteiger partial charge on any atom is -0.465 e. The number of aromatic nitrogens is 2. The lowest BCUT2D eigenvalue weighted by Crippen LogP contribution is -2.42. The highest BCUT2D eigenvalue weighted by atomic mass is 32.1. The molecule has 0 aliphatic heterocycles. The topological polar surface area (TPSA) is 91.4 Å². The van der Waals surface area contributed by atoms with E-state index in [1.807, 2.05) is 6.07 Å². The van der Waals surface area contributed by atoms with E-state index >= 15 is 0 Å². The zero-order valence-corrected chi connectivity index (χ0v) is 21.0. The summed E-state index contributed by atoms with van der Waals surface area (Å²) in [6, 6.07) is 7.80. The van der Waals surface area contributed by atoms with Crippen LogP contribution in [0.25, 0.3) is 0 Å². The number of nitrogens with zero attached hydrogens (tertiary/aromatic N) is 3. The summed E-state index contributed by atoms with van der Waals surface area (Å²) < 4.78 is 4.78. The molecule has 1 fully saturated rings. The minimum absolute atomic E-state index is 0.309. The molecule has 3 N–H and O–H groups in total. The first-order valence-electron chi connectivity index (χ1n) is 12.0. The van der Waals surface area contributed by atoms with Crippen molar-refractivity contribution >= 4 is 40.8 Å². The number of carbonyl (C=O) groups is 1. The van der Waals surface area contributed by atoms with Crippen LogP contribution in [-0.2, 0) is 17.6 Å². The molecule has 0 saturated heterocycles. The third-order valence-electron chi connectivity index (χ3n) is 6.52. The molecule has 0 spiro atoms. The van der Waals surface area contributed by atoms with Gasteiger partial charge in [-0.25, -0.2) is 9.78 Å². The molecule has 1 saturated carbocycles. The molecule has 182 valence electrons. The molecular weight excluding hydrogens is 448 g/mol. The van der Waals surface area contributed by atoms with Gasteiger partial charge in [0.1, 0.15) is 5.82 Å². The van der Waals surface area contributed by atoms with E-state index < -0.39 is 0 Å². The first-order chi connectivity index (χ1) is 16.4. The lowest BCUT2D eigenvalue weighted by molar-refractivity contribution is 0.0601. The van der Waals surface area contributed by atoms with Crippen LogP contribution in [0.4, 0.5) is 17.5 Å². The van der Waals surface area contributed by atoms with Crippen molar-refractivity contribution in [3.8, 4) is 0 Å². The van der Waals surface area contributed by atoms with E-state index in [0.717, 1.165) is 56.0 Å². The second-order valence-corrected chi connectivity index (χ2v) is 9.67. The van der Waals surface area contributed by atoms with Gasteiger partial charge in [0.15, 0.2) is 5.11 Å². The number of hydrogen-bond donors (Lipinski definition) is 3. The van der Waals surface area contributed by atoms with Gasteiger partial charge in [-0.3, -0.25) is 0 Å². The van der Waals surface area contributed by atoms with Crippen LogP contribution in [0.1, 0.15) is 60.1 Å². The Kier molecular flexibility index (Phi) is 7.82. The smallest absolute Gasteiger partial charge is 0.337 e. The normalized spacial score (nSPS) is 19.5. The van der Waals surface area contributed by atoms with Gasteiger partial charge in [0.25, 0.3) is 0 Å². The number of anilines is 3. The lowest BCUT2D eigenvalue weighted by Gasteiger charge is -2.31. The molecule has 9 heteroatoms. The van der Waals surface area contributed by atoms with Crippen molar-refractivity contribution in [3.05, 3.63) is 41.1 Å². The molecule has 34 heavy (non-hydrogen) atoms. The highest BCUT2D eigenvalue weighted by Gasteiger charge is 2.24. The fraction of sp³-hybridized carbons (Fsp3) is 0.520. The van der Waals surface area contributed by atoms with Crippen molar-refractivity contribution in [1.29, 1.82) is 0 Å². The maximum absolute atomic E-state index is 11.7. The summed E-state index contributed by atoms with van der Waals surface area (Å²) in [5.41, 5.74) is 3.77. The van der Waals surface area contributed by atoms with E-state index in [1.165, 1.54) is 31.2 Å². The van der Waals surface area contributed by atoms with Crippen molar-refractivity contribution in [3.63, 3.8) is 0 Å². The van der Waals surface area contributed by atoms with Crippen LogP contribution >= 0.6 is 12.2 Å². The number of fused-ring (bicyclic) bond motifs is 1. The van der Waals surface area contributed by atoms with Gasteiger partial charge < -0.3 is 25.6 Å². The average Bonchev–Trinajstić information content (AvgIpc) is 2.84. The largest absolute Gasteiger partial charge is 0.465 e. The number of thiocarbonyl (C=S) groups is 1. The zero-order chi connectivity index (χ0) is 24.1. The molecule has 2 aliphatic carbocycles. The fourth-order valence-electron chi connectivity index (χ4n) is 4.77. The second-order valence-electron chi connectivity index (χ2n) is 9.26. The summed E-state index contributed by atoms with van der Waals surface area (Å²) in [7, 11) is 5.49. The van der Waals surface area contributed by atoms with Crippen molar-refractivity contribution < 1.29 is 9.53 Å². The van der Waals surface area contributed by atoms with Crippen LogP contribution < -0.4 is 20.9 Å². The Hall–Kier alpha value is -2.94. The van der Waals surface area contributed by atoms with E-state index in [4.69, 9.17) is 26.9 Å². The number of rotatable bonds is 6. The Morgan fingerprint density at radius 1 is 1.09 bits per heavy atom. The van der Waals surface area contributed by atoms with Crippen LogP contribution in [0.3, 0.4) is 0 Å². The van der Waals surface area contributed by atoms with Crippen LogP contribution in [0.5, 0.6) is 0 Å². The predicted octanol–water partition coefficient (Wildman–Crippen LogP) is 3.92. The highest BCUT2D eigenvalue weighted by Crippen LogP contribution is 2.29. The van der Waals surface area contributed by atoms with Crippen LogP contribution in [0, 0.1) is 0 Å². The van der Waals surface area contributed by atoms with Crippen molar-refractivity contribution in [2.75, 3.05) is 36.7 Å². The summed E-state index contributed by atoms with van der Waals surface area (Å²) >= 11 is 5.51. The van der Waals surface area contributed by atoms with Crippen molar-refractivity contribution in [2.24, 2.45) is 0 Å². The van der Waals surface area contributed by atoms with Crippen LogP contribution in [0.15, 0.2) is 24.3 Å². The van der Waals surface area contributed by atoms with Crippen molar-refractivity contribution in [1.82, 2.24) is 15.3 Å². The van der Waals surface area contributed by atoms with E-state index in [-0.39, 0.29) is 5.97 Å². The van der Waals surface area contributed by atoms with Crippen molar-refractivity contribution in [2.45, 2.75) is 63.5 Å². The molecule has 2 aromatic rings. The molecule has 0 unspecified atom stereocenters. The molecule has 1 heterocycles. The number of aryl methyl sites for hydroxylation is 1. The number of hydrogen-bond acceptors (Lipinski definition) is 7. The van der Waals surface area contributed by atoms with Gasteiger partial charge in [-0.1, -0.05) is 6.07 Å². The molecule has 0 bridgehead atoms. The molecule has 0 radical (unpaired) electrons. The number of methoxy groups -OCH3 is 1. The van der Waals surface area contributed by atoms with Gasteiger partial charge in [0.2, 0.25) is 5.95 Å². The summed E-state index contributed by atoms with van der Waals surface area (Å²) in [4.78, 5) is 23.5. The first-order valence-corrected chi connectivity index (χ1v) is 12.4. The standard InChI is InChI=1S/C25H34N6O2S/c1-31(2)22-20-9-4-5-10-21(20)29-24(30-22)26-17-11-13-18(14-12-17)27-25(34)28-19-8-6-7-16(15-19)23(32)33-3/h6-8,15,17-18H,4-5,9-14H2,1-3H3,(H,26,29,30)(H2,27,28,34). The zero-order valence-electron chi connectivity index (χ0n) is 20.2. The number of benzene rings is 1. The summed E-state index contributed by atoms with van der Waals surface area (Å²) in [5, 5.41) is 10.8. The SMILES string of the molecule is COC(=O)c1cccc(NC(=S)NC2CCC(Nc3nc4c(c(N(C)C)n3)CCCC4)CC2)c1. The number of nitrogens with one attached hydrogen (secondary N) is 3. The Morgan fingerprint density at radius 2 is 1.82 bits per heavy atom. The maximum Gasteiger partial charge on any atom is 0.337 e. The fourth-order valence-corrected chi connectivity index (χ4v) is 5.05. The van der Waals surface area contributed by atoms with E-state index in [0.29, 0.717) is 22.8 Å². The van der Waals surface area contributed by atoms with Gasteiger partial charge >= 0.3 is 5.97 Å². The van der Waals surface area contributed by atoms with E-state index in [2.05, 4.69) is 34.9 Å². The molecule has 1 aromatic carbocycles. The number of esters is 1. The number of carbonyl (C=O) groups excluding carboxylic acids is 1. The second kappa shape index (κ2) is 11.0. The Balaban J connectivity index is 1.29. The maximum atomic E-state index is 11.7. The van der Waals surface area contributed by atoms with Gasteiger partial charge in [0.05, 0.1) is 18.4 Å². The molecule has 4 rings (SSSR count).